The molecule has 9 heteroatoms. The van der Waals surface area contributed by atoms with Crippen molar-refractivity contribution in [1.29, 1.82) is 0 Å². The summed E-state index contributed by atoms with van der Waals surface area (Å²) in [7, 11) is 3.82. The lowest BCUT2D eigenvalue weighted by Gasteiger charge is -2.30. The Labute approximate surface area is 243 Å². The number of imidazole rings is 1. The standard InChI is InChI=1S/C32H44N6O3/c1-21(2)18-29(40)38(19-24(20-39)34-32(41)22(3)33-4)17-16-25-14-15-28(37(25)5)31-35-27-13-9-12-26(30(27)36-31)23-10-7-6-8-11-23/h6-13,20-22,24-25,28,33H,14-19H2,1-5H3,(H,34,41)(H,35,36)/t22?,24?,25-,28?/m1/s1. The van der Waals surface area contributed by atoms with Crippen LogP contribution in [0.25, 0.3) is 22.2 Å². The van der Waals surface area contributed by atoms with Crippen molar-refractivity contribution in [2.24, 2.45) is 5.92 Å². The molecular weight excluding hydrogens is 516 g/mol. The molecule has 2 heterocycles. The second-order valence-electron chi connectivity index (χ2n) is 11.6. The van der Waals surface area contributed by atoms with Gasteiger partial charge in [-0.05, 0) is 57.8 Å². The fraction of sp³-hybridized carbons (Fsp3) is 0.500. The van der Waals surface area contributed by atoms with Gasteiger partial charge >= 0.3 is 0 Å². The first kappa shape index (κ1) is 30.4. The number of amides is 2. The molecule has 1 aliphatic heterocycles. The van der Waals surface area contributed by atoms with E-state index in [1.165, 1.54) is 0 Å². The van der Waals surface area contributed by atoms with Crippen molar-refractivity contribution in [2.45, 2.75) is 70.6 Å². The van der Waals surface area contributed by atoms with E-state index in [1.807, 2.05) is 32.0 Å². The molecule has 1 saturated heterocycles. The molecule has 1 aromatic heterocycles. The van der Waals surface area contributed by atoms with Gasteiger partial charge in [0.1, 0.15) is 18.2 Å². The molecule has 9 nitrogen and oxygen atoms in total. The van der Waals surface area contributed by atoms with Gasteiger partial charge in [0.25, 0.3) is 0 Å². The van der Waals surface area contributed by atoms with Gasteiger partial charge in [-0.25, -0.2) is 4.98 Å². The van der Waals surface area contributed by atoms with Crippen molar-refractivity contribution in [2.75, 3.05) is 27.2 Å². The Bertz CT molecular complexity index is 1320. The predicted octanol–water partition coefficient (Wildman–Crippen LogP) is 3.92. The minimum atomic E-state index is -0.752. The molecule has 3 N–H and O–H groups in total. The summed E-state index contributed by atoms with van der Waals surface area (Å²) < 4.78 is 0. The number of likely N-dealkylation sites (tertiary alicyclic amines) is 1. The molecule has 0 aliphatic carbocycles. The van der Waals surface area contributed by atoms with Crippen LogP contribution in [0.15, 0.2) is 48.5 Å². The number of hydrogen-bond donors (Lipinski definition) is 3. The van der Waals surface area contributed by atoms with Gasteiger partial charge in [-0.2, -0.15) is 0 Å². The van der Waals surface area contributed by atoms with Crippen molar-refractivity contribution in [3.63, 3.8) is 0 Å². The molecule has 220 valence electrons. The van der Waals surface area contributed by atoms with E-state index in [1.54, 1.807) is 18.9 Å². The monoisotopic (exact) mass is 560 g/mol. The molecule has 3 aromatic rings. The number of aldehydes is 1. The maximum atomic E-state index is 13.2. The fourth-order valence-corrected chi connectivity index (χ4v) is 5.65. The largest absolute Gasteiger partial charge is 0.343 e. The number of H-pyrrole nitrogens is 1. The van der Waals surface area contributed by atoms with E-state index in [0.717, 1.165) is 53.5 Å². The van der Waals surface area contributed by atoms with Crippen LogP contribution in [0.5, 0.6) is 0 Å². The van der Waals surface area contributed by atoms with E-state index in [2.05, 4.69) is 57.9 Å². The minimum absolute atomic E-state index is 0.00527. The van der Waals surface area contributed by atoms with E-state index in [9.17, 15) is 14.4 Å². The van der Waals surface area contributed by atoms with Crippen LogP contribution in [0.4, 0.5) is 0 Å². The highest BCUT2D eigenvalue weighted by Gasteiger charge is 2.34. The number of hydrogen-bond acceptors (Lipinski definition) is 6. The topological polar surface area (TPSA) is 110 Å². The molecule has 0 spiro atoms. The summed E-state index contributed by atoms with van der Waals surface area (Å²) in [6.45, 7) is 6.44. The number of aromatic amines is 1. The Morgan fingerprint density at radius 2 is 1.88 bits per heavy atom. The van der Waals surface area contributed by atoms with E-state index in [-0.39, 0.29) is 36.4 Å². The van der Waals surface area contributed by atoms with Crippen LogP contribution < -0.4 is 10.6 Å². The molecular formula is C32H44N6O3. The van der Waals surface area contributed by atoms with Gasteiger partial charge in [0.15, 0.2) is 0 Å². The van der Waals surface area contributed by atoms with Crippen molar-refractivity contribution in [1.82, 2.24) is 30.4 Å². The van der Waals surface area contributed by atoms with E-state index in [0.29, 0.717) is 13.0 Å². The lowest BCUT2D eigenvalue weighted by Crippen LogP contribution is -2.51. The summed E-state index contributed by atoms with van der Waals surface area (Å²) in [5.74, 6) is 0.903. The zero-order chi connectivity index (χ0) is 29.5. The number of nitrogens with zero attached hydrogens (tertiary/aromatic N) is 3. The number of carbonyl (C=O) groups is 3. The summed E-state index contributed by atoms with van der Waals surface area (Å²) in [5, 5.41) is 5.64. The van der Waals surface area contributed by atoms with Gasteiger partial charge in [-0.3, -0.25) is 14.5 Å². The first-order valence-corrected chi connectivity index (χ1v) is 14.7. The molecule has 41 heavy (non-hydrogen) atoms. The van der Waals surface area contributed by atoms with Crippen molar-refractivity contribution in [3.05, 3.63) is 54.4 Å². The maximum absolute atomic E-state index is 13.2. The SMILES string of the molecule is CNC(C)C(=O)NC(C=O)CN(CC[C@H]1CCC(c2nc3c(-c4ccccc4)cccc3[nH]2)N1C)C(=O)CC(C)C. The van der Waals surface area contributed by atoms with Crippen LogP contribution in [-0.4, -0.2) is 83.2 Å². The van der Waals surface area contributed by atoms with E-state index < -0.39 is 12.1 Å². The third-order valence-electron chi connectivity index (χ3n) is 8.18. The molecule has 4 atom stereocenters. The highest BCUT2D eigenvalue weighted by atomic mass is 16.2. The van der Waals surface area contributed by atoms with Gasteiger partial charge < -0.3 is 25.3 Å². The Hall–Kier alpha value is -3.56. The van der Waals surface area contributed by atoms with Crippen LogP contribution in [0.3, 0.4) is 0 Å². The van der Waals surface area contributed by atoms with Gasteiger partial charge in [0.2, 0.25) is 11.8 Å². The van der Waals surface area contributed by atoms with Gasteiger partial charge in [-0.15, -0.1) is 0 Å². The summed E-state index contributed by atoms with van der Waals surface area (Å²) in [6, 6.07) is 15.8. The molecule has 0 bridgehead atoms. The van der Waals surface area contributed by atoms with E-state index >= 15 is 0 Å². The average molecular weight is 561 g/mol. The average Bonchev–Trinajstić information content (AvgIpc) is 3.56. The zero-order valence-electron chi connectivity index (χ0n) is 24.9. The number of carbonyl (C=O) groups excluding carboxylic acids is 3. The molecule has 4 rings (SSSR count). The second-order valence-corrected chi connectivity index (χ2v) is 11.6. The Morgan fingerprint density at radius 1 is 1.12 bits per heavy atom. The number of rotatable bonds is 13. The molecule has 2 aromatic carbocycles. The van der Waals surface area contributed by atoms with Crippen LogP contribution >= 0.6 is 0 Å². The quantitative estimate of drug-likeness (QED) is 0.273. The smallest absolute Gasteiger partial charge is 0.237 e. The summed E-state index contributed by atoms with van der Waals surface area (Å²) in [5.41, 5.74) is 4.26. The summed E-state index contributed by atoms with van der Waals surface area (Å²) in [6.07, 6.45) is 3.86. The Kier molecular flexibility index (Phi) is 10.3. The molecule has 2 amide bonds. The normalized spacial score (nSPS) is 18.9. The molecule has 0 saturated carbocycles. The van der Waals surface area contributed by atoms with Crippen molar-refractivity contribution >= 4 is 29.1 Å². The summed E-state index contributed by atoms with van der Waals surface area (Å²) in [4.78, 5) is 50.1. The lowest BCUT2D eigenvalue weighted by atomic mass is 10.0. The predicted molar refractivity (Wildman–Crippen MR) is 162 cm³/mol. The third-order valence-corrected chi connectivity index (χ3v) is 8.18. The lowest BCUT2D eigenvalue weighted by molar-refractivity contribution is -0.134. The number of likely N-dealkylation sites (N-methyl/N-ethyl adjacent to an activating group) is 1. The van der Waals surface area contributed by atoms with Crippen LogP contribution in [0.2, 0.25) is 0 Å². The number of benzene rings is 2. The Balaban J connectivity index is 1.45. The van der Waals surface area contributed by atoms with Gasteiger partial charge in [0, 0.05) is 31.1 Å². The number of fused-ring (bicyclic) bond motifs is 1. The number of nitrogens with one attached hydrogen (secondary N) is 3. The maximum Gasteiger partial charge on any atom is 0.237 e. The molecule has 3 unspecified atom stereocenters. The number of para-hydroxylation sites is 1. The van der Waals surface area contributed by atoms with Crippen molar-refractivity contribution < 1.29 is 14.4 Å². The first-order valence-electron chi connectivity index (χ1n) is 14.7. The highest BCUT2D eigenvalue weighted by Crippen LogP contribution is 2.37. The fourth-order valence-electron chi connectivity index (χ4n) is 5.65. The van der Waals surface area contributed by atoms with Gasteiger partial charge in [-0.1, -0.05) is 56.3 Å². The molecule has 1 aliphatic rings. The second kappa shape index (κ2) is 13.9. The van der Waals surface area contributed by atoms with E-state index in [4.69, 9.17) is 4.98 Å². The van der Waals surface area contributed by atoms with Crippen LogP contribution in [0, 0.1) is 5.92 Å². The summed E-state index contributed by atoms with van der Waals surface area (Å²) >= 11 is 0. The number of aromatic nitrogens is 2. The van der Waals surface area contributed by atoms with Crippen LogP contribution in [-0.2, 0) is 14.4 Å². The molecule has 1 fully saturated rings. The van der Waals surface area contributed by atoms with Crippen molar-refractivity contribution in [3.8, 4) is 11.1 Å². The zero-order valence-corrected chi connectivity index (χ0v) is 24.9. The molecule has 0 radical (unpaired) electrons. The first-order chi connectivity index (χ1) is 19.7. The Morgan fingerprint density at radius 3 is 2.56 bits per heavy atom. The van der Waals surface area contributed by atoms with Crippen LogP contribution in [0.1, 0.15) is 58.3 Å². The van der Waals surface area contributed by atoms with Gasteiger partial charge in [0.05, 0.1) is 23.1 Å². The highest BCUT2D eigenvalue weighted by molar-refractivity contribution is 5.92. The third kappa shape index (κ3) is 7.40. The minimum Gasteiger partial charge on any atom is -0.343 e.